The molecule has 0 aromatic heterocycles. The van der Waals surface area contributed by atoms with Crippen molar-refractivity contribution in [3.8, 4) is 0 Å². The van der Waals surface area contributed by atoms with Crippen LogP contribution in [0, 0.1) is 5.41 Å². The fraction of sp³-hybridized carbons (Fsp3) is 0.400. The van der Waals surface area contributed by atoms with Crippen LogP contribution in [0.3, 0.4) is 0 Å². The van der Waals surface area contributed by atoms with E-state index < -0.39 is 0 Å². The predicted molar refractivity (Wildman–Crippen MR) is 44.8 cm³/mol. The van der Waals surface area contributed by atoms with E-state index in [1.165, 1.54) is 5.57 Å². The minimum atomic E-state index is 0.154. The molecule has 0 unspecified atom stereocenters. The van der Waals surface area contributed by atoms with E-state index in [4.69, 9.17) is 0 Å². The summed E-state index contributed by atoms with van der Waals surface area (Å²) >= 11 is 0. The van der Waals surface area contributed by atoms with Crippen LogP contribution in [0.4, 0.5) is 0 Å². The summed E-state index contributed by atoms with van der Waals surface area (Å²) in [5.74, 6) is 0. The van der Waals surface area contributed by atoms with E-state index in [9.17, 15) is 5.11 Å². The highest BCUT2D eigenvalue weighted by Crippen LogP contribution is 2.30. The summed E-state index contributed by atoms with van der Waals surface area (Å²) in [5, 5.41) is 10.3. The van der Waals surface area contributed by atoms with Gasteiger partial charge >= 0.3 is 0 Å². The lowest BCUT2D eigenvalue weighted by Crippen LogP contribution is -2.05. The fourth-order valence-corrected chi connectivity index (χ4v) is 1.00. The van der Waals surface area contributed by atoms with Gasteiger partial charge in [0.25, 0.3) is 0 Å². The van der Waals surface area contributed by atoms with Gasteiger partial charge in [0.15, 0.2) is 0 Å². The van der Waals surface area contributed by atoms with Crippen molar-refractivity contribution in [3.05, 3.63) is 35.6 Å². The standard InChI is InChI=1S/C10H14O/c1-10(2,3)9-5-4-8(6-9)7-11/h4-7,11H,1-3H3/p-1/b8-7+. The highest BCUT2D eigenvalue weighted by molar-refractivity contribution is 5.46. The molecular weight excluding hydrogens is 136 g/mol. The van der Waals surface area contributed by atoms with E-state index in [-0.39, 0.29) is 5.41 Å². The first kappa shape index (κ1) is 8.12. The minimum absolute atomic E-state index is 0.154. The molecule has 0 N–H and O–H groups in total. The molecule has 1 heteroatoms. The van der Waals surface area contributed by atoms with Gasteiger partial charge in [-0.3, -0.25) is 0 Å². The van der Waals surface area contributed by atoms with Crippen LogP contribution in [0.25, 0.3) is 0 Å². The van der Waals surface area contributed by atoms with Gasteiger partial charge in [0, 0.05) is 0 Å². The third-order valence-corrected chi connectivity index (χ3v) is 1.78. The first-order valence-corrected chi connectivity index (χ1v) is 3.76. The zero-order valence-corrected chi connectivity index (χ0v) is 7.22. The molecule has 1 aliphatic carbocycles. The van der Waals surface area contributed by atoms with Gasteiger partial charge in [0.1, 0.15) is 0 Å². The Kier molecular flexibility index (Phi) is 1.90. The van der Waals surface area contributed by atoms with E-state index in [0.29, 0.717) is 0 Å². The van der Waals surface area contributed by atoms with Gasteiger partial charge in [-0.2, -0.15) is 0 Å². The maximum absolute atomic E-state index is 10.3. The lowest BCUT2D eigenvalue weighted by molar-refractivity contribution is -0.275. The van der Waals surface area contributed by atoms with Crippen LogP contribution >= 0.6 is 0 Å². The molecule has 60 valence electrons. The zero-order chi connectivity index (χ0) is 8.48. The Hall–Kier alpha value is -0.980. The first-order chi connectivity index (χ1) is 5.04. The van der Waals surface area contributed by atoms with Crippen LogP contribution in [0.5, 0.6) is 0 Å². The summed E-state index contributed by atoms with van der Waals surface area (Å²) in [7, 11) is 0. The highest BCUT2D eigenvalue weighted by atomic mass is 16.2. The fourth-order valence-electron chi connectivity index (χ4n) is 1.00. The molecule has 0 saturated carbocycles. The summed E-state index contributed by atoms with van der Waals surface area (Å²) in [5.41, 5.74) is 2.15. The Morgan fingerprint density at radius 3 is 2.18 bits per heavy atom. The molecular formula is C10H13O-. The second-order valence-corrected chi connectivity index (χ2v) is 3.80. The van der Waals surface area contributed by atoms with Crippen LogP contribution in [0.1, 0.15) is 20.8 Å². The second kappa shape index (κ2) is 2.57. The second-order valence-electron chi connectivity index (χ2n) is 3.80. The lowest BCUT2D eigenvalue weighted by Gasteiger charge is -2.18. The quantitative estimate of drug-likeness (QED) is 0.481. The molecule has 0 aromatic carbocycles. The SMILES string of the molecule is CC(C)(C)C1=C/C(=C/[O-])C=C1. The maximum atomic E-state index is 10.3. The molecule has 0 amide bonds. The Bertz CT molecular complexity index is 236. The molecule has 1 rings (SSSR count). The topological polar surface area (TPSA) is 23.1 Å². The minimum Gasteiger partial charge on any atom is -0.877 e. The molecule has 0 bridgehead atoms. The number of hydrogen-bond donors (Lipinski definition) is 0. The smallest absolute Gasteiger partial charge is 0.0132 e. The Labute approximate surface area is 67.7 Å². The molecule has 0 atom stereocenters. The summed E-state index contributed by atoms with van der Waals surface area (Å²) in [6.45, 7) is 6.41. The van der Waals surface area contributed by atoms with Crippen molar-refractivity contribution in [2.75, 3.05) is 0 Å². The van der Waals surface area contributed by atoms with Crippen molar-refractivity contribution in [3.63, 3.8) is 0 Å². The Morgan fingerprint density at radius 1 is 1.27 bits per heavy atom. The summed E-state index contributed by atoms with van der Waals surface area (Å²) < 4.78 is 0. The van der Waals surface area contributed by atoms with Crippen LogP contribution in [0.15, 0.2) is 35.6 Å². The van der Waals surface area contributed by atoms with Crippen molar-refractivity contribution in [2.45, 2.75) is 20.8 Å². The van der Waals surface area contributed by atoms with E-state index in [0.717, 1.165) is 11.8 Å². The van der Waals surface area contributed by atoms with Crippen LogP contribution in [-0.2, 0) is 0 Å². The average Bonchev–Trinajstić information content (AvgIpc) is 2.32. The molecule has 0 heterocycles. The van der Waals surface area contributed by atoms with Gasteiger partial charge in [-0.05, 0) is 16.6 Å². The van der Waals surface area contributed by atoms with Crippen molar-refractivity contribution in [1.29, 1.82) is 0 Å². The lowest BCUT2D eigenvalue weighted by atomic mass is 9.87. The van der Waals surface area contributed by atoms with Gasteiger partial charge in [0.2, 0.25) is 0 Å². The van der Waals surface area contributed by atoms with Gasteiger partial charge < -0.3 is 5.11 Å². The number of hydrogen-bond acceptors (Lipinski definition) is 1. The van der Waals surface area contributed by atoms with Gasteiger partial charge in [-0.25, -0.2) is 0 Å². The largest absolute Gasteiger partial charge is 0.877 e. The summed E-state index contributed by atoms with van der Waals surface area (Å²) in [4.78, 5) is 0. The molecule has 0 aromatic rings. The third-order valence-electron chi connectivity index (χ3n) is 1.78. The van der Waals surface area contributed by atoms with Crippen molar-refractivity contribution in [2.24, 2.45) is 5.41 Å². The van der Waals surface area contributed by atoms with Crippen molar-refractivity contribution >= 4 is 0 Å². The average molecular weight is 149 g/mol. The molecule has 0 spiro atoms. The molecule has 1 nitrogen and oxygen atoms in total. The molecule has 11 heavy (non-hydrogen) atoms. The van der Waals surface area contributed by atoms with E-state index in [1.807, 2.05) is 18.2 Å². The molecule has 0 fully saturated rings. The molecule has 0 radical (unpaired) electrons. The van der Waals surface area contributed by atoms with Crippen LogP contribution < -0.4 is 5.11 Å². The van der Waals surface area contributed by atoms with E-state index in [1.54, 1.807) is 0 Å². The highest BCUT2D eigenvalue weighted by Gasteiger charge is 2.16. The van der Waals surface area contributed by atoms with Crippen molar-refractivity contribution in [1.82, 2.24) is 0 Å². The molecule has 0 saturated heterocycles. The monoisotopic (exact) mass is 149 g/mol. The van der Waals surface area contributed by atoms with E-state index >= 15 is 0 Å². The maximum Gasteiger partial charge on any atom is -0.0132 e. The van der Waals surface area contributed by atoms with Crippen molar-refractivity contribution < 1.29 is 5.11 Å². The Morgan fingerprint density at radius 2 is 1.91 bits per heavy atom. The normalized spacial score (nSPS) is 21.0. The zero-order valence-electron chi connectivity index (χ0n) is 7.22. The van der Waals surface area contributed by atoms with Crippen LogP contribution in [-0.4, -0.2) is 0 Å². The first-order valence-electron chi connectivity index (χ1n) is 3.76. The van der Waals surface area contributed by atoms with Gasteiger partial charge in [0.05, 0.1) is 0 Å². The predicted octanol–water partition coefficient (Wildman–Crippen LogP) is 1.77. The summed E-state index contributed by atoms with van der Waals surface area (Å²) in [6, 6.07) is 0. The van der Waals surface area contributed by atoms with Gasteiger partial charge in [-0.15, -0.1) is 6.26 Å². The molecule has 1 aliphatic rings. The Balaban J connectivity index is 2.89. The number of allylic oxidation sites excluding steroid dienone is 5. The number of rotatable bonds is 0. The molecule has 0 aliphatic heterocycles. The summed E-state index contributed by atoms with van der Waals surface area (Å²) in [6.07, 6.45) is 6.68. The van der Waals surface area contributed by atoms with Gasteiger partial charge in [-0.1, -0.05) is 39.0 Å². The van der Waals surface area contributed by atoms with Crippen LogP contribution in [0.2, 0.25) is 0 Å². The third kappa shape index (κ3) is 1.73. The van der Waals surface area contributed by atoms with E-state index in [2.05, 4.69) is 20.8 Å².